The lowest BCUT2D eigenvalue weighted by Gasteiger charge is -2.35. The topological polar surface area (TPSA) is 127 Å². The molecule has 4 atom stereocenters. The molecule has 3 amide bonds. The van der Waals surface area contributed by atoms with Gasteiger partial charge < -0.3 is 30.8 Å². The number of amides is 3. The Kier molecular flexibility index (Phi) is 8.88. The number of benzene rings is 2. The smallest absolute Gasteiger partial charge is 0.326 e. The fourth-order valence-electron chi connectivity index (χ4n) is 7.80. The van der Waals surface area contributed by atoms with Crippen LogP contribution in [0.1, 0.15) is 75.8 Å². The lowest BCUT2D eigenvalue weighted by atomic mass is 9.81. The molecular weight excluding hydrogens is 578 g/mol. The van der Waals surface area contributed by atoms with Gasteiger partial charge in [0.2, 0.25) is 5.91 Å². The monoisotopic (exact) mass is 625 g/mol. The Morgan fingerprint density at radius 1 is 0.913 bits per heavy atom. The van der Waals surface area contributed by atoms with Crippen LogP contribution in [0.15, 0.2) is 59.5 Å². The third-order valence-corrected chi connectivity index (χ3v) is 10.6. The Hall–Kier alpha value is -4.05. The Bertz CT molecular complexity index is 1730. The minimum Gasteiger partial charge on any atom is -0.361 e. The van der Waals surface area contributed by atoms with Gasteiger partial charge in [-0.25, -0.2) is 9.59 Å². The van der Waals surface area contributed by atoms with Gasteiger partial charge >= 0.3 is 11.7 Å². The van der Waals surface area contributed by atoms with Gasteiger partial charge in [-0.05, 0) is 87.1 Å². The number of rotatable bonds is 10. The maximum atomic E-state index is 13.9. The van der Waals surface area contributed by atoms with E-state index in [2.05, 4.69) is 32.0 Å². The molecule has 5 N–H and O–H groups in total. The predicted molar refractivity (Wildman–Crippen MR) is 181 cm³/mol. The summed E-state index contributed by atoms with van der Waals surface area (Å²) in [5.74, 6) is 0.740. The fourth-order valence-corrected chi connectivity index (χ4v) is 7.80. The average Bonchev–Trinajstić information content (AvgIpc) is 3.72. The van der Waals surface area contributed by atoms with Gasteiger partial charge in [0.25, 0.3) is 0 Å². The minimum atomic E-state index is -0.725. The summed E-state index contributed by atoms with van der Waals surface area (Å²) in [5.41, 5.74) is 3.63. The standard InChI is InChI=1S/C36H47N7O3/c1-23(29-22-38-30-10-3-2-9-28(29)30)33(34(44)39-21-25-8-6-7-24(19-25)20-37-26-13-14-26)41-35(45)42-17-15-27(16-18-42)43-32-12-5-4-11-31(32)40-36(43)46/h2-5,9-12,22-27,33,37-38H,6-8,13-21H2,1H3,(H,39,44)(H,40,46)(H,41,45)/t23-,24-,25+,33+/m0/s1. The van der Waals surface area contributed by atoms with E-state index in [1.807, 2.05) is 60.2 Å². The number of nitrogens with zero attached hydrogens (tertiary/aromatic N) is 2. The second-order valence-corrected chi connectivity index (χ2v) is 13.9. The summed E-state index contributed by atoms with van der Waals surface area (Å²) in [6.07, 6.45) is 10.6. The van der Waals surface area contributed by atoms with Crippen LogP contribution in [0.25, 0.3) is 21.9 Å². The van der Waals surface area contributed by atoms with Gasteiger partial charge in [0.15, 0.2) is 0 Å². The molecule has 2 saturated carbocycles. The molecule has 46 heavy (non-hydrogen) atoms. The molecule has 10 heteroatoms. The van der Waals surface area contributed by atoms with Gasteiger partial charge in [0.05, 0.1) is 11.0 Å². The number of imidazole rings is 1. The summed E-state index contributed by atoms with van der Waals surface area (Å²) in [4.78, 5) is 48.5. The van der Waals surface area contributed by atoms with Crippen LogP contribution >= 0.6 is 0 Å². The molecule has 2 aliphatic carbocycles. The van der Waals surface area contributed by atoms with Crippen LogP contribution in [0, 0.1) is 11.8 Å². The molecule has 0 bridgehead atoms. The van der Waals surface area contributed by atoms with Crippen molar-refractivity contribution in [1.82, 2.24) is 35.4 Å². The largest absolute Gasteiger partial charge is 0.361 e. The summed E-state index contributed by atoms with van der Waals surface area (Å²) in [5, 5.41) is 11.1. The number of urea groups is 1. The van der Waals surface area contributed by atoms with Crippen LogP contribution in [0.4, 0.5) is 4.79 Å². The van der Waals surface area contributed by atoms with Crippen LogP contribution in [0.5, 0.6) is 0 Å². The SMILES string of the molecule is C[C@@H](c1c[nH]c2ccccc12)[C@@H](NC(=O)N1CCC(n2c(=O)[nH]c3ccccc32)CC1)C(=O)NC[C@@H]1CCC[C@H](CNC2CC2)C1. The molecule has 4 aromatic rings. The van der Waals surface area contributed by atoms with E-state index in [9.17, 15) is 14.4 Å². The second-order valence-electron chi connectivity index (χ2n) is 13.9. The lowest BCUT2D eigenvalue weighted by molar-refractivity contribution is -0.123. The van der Waals surface area contributed by atoms with Crippen molar-refractivity contribution in [2.45, 2.75) is 82.3 Å². The molecule has 2 aromatic carbocycles. The first-order valence-electron chi connectivity index (χ1n) is 17.3. The zero-order valence-corrected chi connectivity index (χ0v) is 26.8. The summed E-state index contributed by atoms with van der Waals surface area (Å²) in [6, 6.07) is 15.6. The Labute approximate surface area is 269 Å². The second kappa shape index (κ2) is 13.4. The van der Waals surface area contributed by atoms with Gasteiger partial charge in [-0.15, -0.1) is 0 Å². The number of H-pyrrole nitrogens is 2. The molecule has 2 aromatic heterocycles. The minimum absolute atomic E-state index is 0.00994. The van der Waals surface area contributed by atoms with E-state index in [0.717, 1.165) is 52.9 Å². The van der Waals surface area contributed by atoms with Crippen LogP contribution in [-0.4, -0.2) is 69.6 Å². The number of nitrogens with one attached hydrogen (secondary N) is 5. The number of carbonyl (C=O) groups is 2. The van der Waals surface area contributed by atoms with Crippen molar-refractivity contribution in [3.05, 3.63) is 70.8 Å². The maximum absolute atomic E-state index is 13.9. The van der Waals surface area contributed by atoms with Crippen molar-refractivity contribution in [1.29, 1.82) is 0 Å². The van der Waals surface area contributed by atoms with E-state index in [4.69, 9.17) is 0 Å². The molecule has 10 nitrogen and oxygen atoms in total. The molecule has 7 rings (SSSR count). The zero-order chi connectivity index (χ0) is 31.6. The average molecular weight is 626 g/mol. The van der Waals surface area contributed by atoms with Crippen molar-refractivity contribution in [2.75, 3.05) is 26.2 Å². The fraction of sp³-hybridized carbons (Fsp3) is 0.528. The van der Waals surface area contributed by atoms with Crippen molar-refractivity contribution in [3.8, 4) is 0 Å². The Morgan fingerprint density at radius 2 is 1.63 bits per heavy atom. The number of aromatic amines is 2. The third kappa shape index (κ3) is 6.58. The van der Waals surface area contributed by atoms with E-state index in [-0.39, 0.29) is 29.6 Å². The van der Waals surface area contributed by atoms with Crippen LogP contribution < -0.4 is 21.6 Å². The van der Waals surface area contributed by atoms with Crippen molar-refractivity contribution in [3.63, 3.8) is 0 Å². The molecule has 1 aliphatic heterocycles. The summed E-state index contributed by atoms with van der Waals surface area (Å²) in [7, 11) is 0. The first-order valence-corrected chi connectivity index (χ1v) is 17.3. The van der Waals surface area contributed by atoms with E-state index >= 15 is 0 Å². The molecule has 3 aliphatic rings. The van der Waals surface area contributed by atoms with Gasteiger partial charge in [-0.1, -0.05) is 43.7 Å². The summed E-state index contributed by atoms with van der Waals surface area (Å²) in [6.45, 7) is 4.76. The van der Waals surface area contributed by atoms with Gasteiger partial charge in [-0.3, -0.25) is 9.36 Å². The van der Waals surface area contributed by atoms with Crippen LogP contribution in [-0.2, 0) is 4.79 Å². The normalized spacial score (nSPS) is 22.2. The van der Waals surface area contributed by atoms with Crippen molar-refractivity contribution < 1.29 is 9.59 Å². The predicted octanol–water partition coefficient (Wildman–Crippen LogP) is 5.00. The first-order chi connectivity index (χ1) is 22.4. The highest BCUT2D eigenvalue weighted by molar-refractivity contribution is 5.90. The molecule has 0 radical (unpaired) electrons. The highest BCUT2D eigenvalue weighted by atomic mass is 16.2. The molecule has 3 fully saturated rings. The van der Waals surface area contributed by atoms with E-state index in [1.165, 1.54) is 25.7 Å². The van der Waals surface area contributed by atoms with E-state index in [1.54, 1.807) is 4.90 Å². The quantitative estimate of drug-likeness (QED) is 0.170. The number of hydrogen-bond donors (Lipinski definition) is 5. The highest BCUT2D eigenvalue weighted by Crippen LogP contribution is 2.31. The number of fused-ring (bicyclic) bond motifs is 2. The molecule has 0 spiro atoms. The zero-order valence-electron chi connectivity index (χ0n) is 26.8. The Morgan fingerprint density at radius 3 is 2.41 bits per heavy atom. The first kappa shape index (κ1) is 30.6. The van der Waals surface area contributed by atoms with Gasteiger partial charge in [-0.2, -0.15) is 0 Å². The van der Waals surface area contributed by atoms with E-state index < -0.39 is 6.04 Å². The van der Waals surface area contributed by atoms with Gasteiger partial charge in [0, 0.05) is 54.7 Å². The number of para-hydroxylation sites is 3. The third-order valence-electron chi connectivity index (χ3n) is 10.6. The molecular formula is C36H47N7O3. The molecule has 244 valence electrons. The molecule has 0 unspecified atom stereocenters. The van der Waals surface area contributed by atoms with Crippen molar-refractivity contribution in [2.24, 2.45) is 11.8 Å². The number of piperidine rings is 1. The van der Waals surface area contributed by atoms with E-state index in [0.29, 0.717) is 44.3 Å². The molecule has 3 heterocycles. The number of hydrogen-bond acceptors (Lipinski definition) is 4. The highest BCUT2D eigenvalue weighted by Gasteiger charge is 2.34. The maximum Gasteiger partial charge on any atom is 0.326 e. The lowest BCUT2D eigenvalue weighted by Crippen LogP contribution is -2.55. The molecule has 1 saturated heterocycles. The van der Waals surface area contributed by atoms with Crippen molar-refractivity contribution >= 4 is 33.9 Å². The number of likely N-dealkylation sites (tertiary alicyclic amines) is 1. The number of aromatic nitrogens is 3. The number of carbonyl (C=O) groups excluding carboxylic acids is 2. The summed E-state index contributed by atoms with van der Waals surface area (Å²) >= 11 is 0. The van der Waals surface area contributed by atoms with Crippen LogP contribution in [0.3, 0.4) is 0 Å². The summed E-state index contributed by atoms with van der Waals surface area (Å²) < 4.78 is 1.83. The van der Waals surface area contributed by atoms with Crippen LogP contribution in [0.2, 0.25) is 0 Å². The Balaban J connectivity index is 1.02. The van der Waals surface area contributed by atoms with Gasteiger partial charge in [0.1, 0.15) is 6.04 Å².